The summed E-state index contributed by atoms with van der Waals surface area (Å²) in [6.45, 7) is 5.76. The number of nitrogens with two attached hydrogens (primary N) is 1. The molecule has 1 heterocycles. The highest BCUT2D eigenvalue weighted by atomic mass is 32.1. The summed E-state index contributed by atoms with van der Waals surface area (Å²) < 4.78 is 0. The number of nitrogens with zero attached hydrogens (tertiary/aromatic N) is 1. The third kappa shape index (κ3) is 1.50. The Labute approximate surface area is 76.6 Å². The van der Waals surface area contributed by atoms with E-state index in [9.17, 15) is 0 Å². The van der Waals surface area contributed by atoms with Crippen LogP contribution in [0.2, 0.25) is 0 Å². The van der Waals surface area contributed by atoms with Crippen molar-refractivity contribution in [3.63, 3.8) is 0 Å². The first kappa shape index (κ1) is 9.24. The second kappa shape index (κ2) is 2.89. The fourth-order valence-corrected chi connectivity index (χ4v) is 2.25. The first-order valence-electron chi connectivity index (χ1n) is 3.75. The standard InChI is InChI=1S/C9H12N2S/c1-6-4-8(7(2)12-6)9(3,11)5-10/h4H,11H2,1-3H3/t9-/m1/s1. The average molecular weight is 180 g/mol. The monoisotopic (exact) mass is 180 g/mol. The van der Waals surface area contributed by atoms with Crippen molar-refractivity contribution < 1.29 is 0 Å². The molecule has 1 rings (SSSR count). The minimum atomic E-state index is -0.838. The number of aryl methyl sites for hydroxylation is 2. The lowest BCUT2D eigenvalue weighted by Gasteiger charge is -2.14. The molecular formula is C9H12N2S. The van der Waals surface area contributed by atoms with Gasteiger partial charge in [0.25, 0.3) is 0 Å². The normalized spacial score (nSPS) is 15.2. The summed E-state index contributed by atoms with van der Waals surface area (Å²) in [5.74, 6) is 0. The van der Waals surface area contributed by atoms with Gasteiger partial charge in [-0.1, -0.05) is 0 Å². The molecule has 0 fully saturated rings. The zero-order valence-corrected chi connectivity index (χ0v) is 8.33. The number of hydrogen-bond donors (Lipinski definition) is 1. The highest BCUT2D eigenvalue weighted by Crippen LogP contribution is 2.28. The van der Waals surface area contributed by atoms with E-state index in [1.807, 2.05) is 19.9 Å². The molecule has 2 nitrogen and oxygen atoms in total. The van der Waals surface area contributed by atoms with Gasteiger partial charge in [0.2, 0.25) is 0 Å². The van der Waals surface area contributed by atoms with E-state index in [1.54, 1.807) is 18.3 Å². The summed E-state index contributed by atoms with van der Waals surface area (Å²) in [7, 11) is 0. The lowest BCUT2D eigenvalue weighted by Crippen LogP contribution is -2.30. The third-order valence-electron chi connectivity index (χ3n) is 1.83. The van der Waals surface area contributed by atoms with E-state index in [-0.39, 0.29) is 0 Å². The molecule has 3 heteroatoms. The molecule has 1 aromatic heterocycles. The van der Waals surface area contributed by atoms with Crippen LogP contribution in [-0.2, 0) is 5.54 Å². The van der Waals surface area contributed by atoms with Crippen molar-refractivity contribution in [2.24, 2.45) is 5.73 Å². The van der Waals surface area contributed by atoms with Gasteiger partial charge in [0.05, 0.1) is 6.07 Å². The van der Waals surface area contributed by atoms with Crippen LogP contribution in [0.5, 0.6) is 0 Å². The Morgan fingerprint density at radius 3 is 2.50 bits per heavy atom. The molecule has 0 aliphatic carbocycles. The van der Waals surface area contributed by atoms with Gasteiger partial charge in [0.15, 0.2) is 0 Å². The predicted octanol–water partition coefficient (Wildman–Crippen LogP) is 2.06. The summed E-state index contributed by atoms with van der Waals surface area (Å²) >= 11 is 1.68. The molecule has 1 aromatic rings. The van der Waals surface area contributed by atoms with Gasteiger partial charge in [-0.15, -0.1) is 11.3 Å². The van der Waals surface area contributed by atoms with Gasteiger partial charge >= 0.3 is 0 Å². The number of thiophene rings is 1. The van der Waals surface area contributed by atoms with Crippen molar-refractivity contribution in [1.82, 2.24) is 0 Å². The molecule has 2 N–H and O–H groups in total. The number of nitriles is 1. The molecule has 0 bridgehead atoms. The molecule has 64 valence electrons. The molecule has 0 unspecified atom stereocenters. The topological polar surface area (TPSA) is 49.8 Å². The molecule has 0 saturated heterocycles. The van der Waals surface area contributed by atoms with E-state index in [0.29, 0.717) is 0 Å². The van der Waals surface area contributed by atoms with Crippen LogP contribution in [0.4, 0.5) is 0 Å². The highest BCUT2D eigenvalue weighted by Gasteiger charge is 2.23. The van der Waals surface area contributed by atoms with Crippen molar-refractivity contribution in [3.05, 3.63) is 21.4 Å². The van der Waals surface area contributed by atoms with Gasteiger partial charge in [0, 0.05) is 9.75 Å². The van der Waals surface area contributed by atoms with Gasteiger partial charge in [0.1, 0.15) is 5.54 Å². The van der Waals surface area contributed by atoms with E-state index in [4.69, 9.17) is 11.0 Å². The molecule has 1 atom stereocenters. The zero-order valence-electron chi connectivity index (χ0n) is 7.51. The minimum absolute atomic E-state index is 0.838. The van der Waals surface area contributed by atoms with Crippen molar-refractivity contribution in [2.45, 2.75) is 26.3 Å². The number of hydrogen-bond acceptors (Lipinski definition) is 3. The van der Waals surface area contributed by atoms with E-state index in [1.165, 1.54) is 4.88 Å². The van der Waals surface area contributed by atoms with Crippen molar-refractivity contribution in [3.8, 4) is 6.07 Å². The maximum Gasteiger partial charge on any atom is 0.128 e. The van der Waals surface area contributed by atoms with Crippen LogP contribution in [0.15, 0.2) is 6.07 Å². The summed E-state index contributed by atoms with van der Waals surface area (Å²) in [5.41, 5.74) is 5.91. The van der Waals surface area contributed by atoms with Gasteiger partial charge in [-0.2, -0.15) is 5.26 Å². The molecule has 12 heavy (non-hydrogen) atoms. The summed E-state index contributed by atoms with van der Waals surface area (Å²) in [6, 6.07) is 4.09. The third-order valence-corrected chi connectivity index (χ3v) is 2.80. The zero-order chi connectivity index (χ0) is 9.35. The Morgan fingerprint density at radius 2 is 2.17 bits per heavy atom. The maximum absolute atomic E-state index is 8.81. The van der Waals surface area contributed by atoms with Gasteiger partial charge < -0.3 is 5.73 Å². The van der Waals surface area contributed by atoms with Crippen molar-refractivity contribution in [2.75, 3.05) is 0 Å². The van der Waals surface area contributed by atoms with E-state index >= 15 is 0 Å². The Morgan fingerprint density at radius 1 is 1.58 bits per heavy atom. The first-order valence-corrected chi connectivity index (χ1v) is 4.56. The fourth-order valence-electron chi connectivity index (χ4n) is 1.21. The minimum Gasteiger partial charge on any atom is -0.310 e. The molecule has 0 aliphatic heterocycles. The van der Waals surface area contributed by atoms with Crippen LogP contribution < -0.4 is 5.73 Å². The molecule has 0 aromatic carbocycles. The lowest BCUT2D eigenvalue weighted by molar-refractivity contribution is 0.645. The van der Waals surface area contributed by atoms with E-state index < -0.39 is 5.54 Å². The predicted molar refractivity (Wildman–Crippen MR) is 50.9 cm³/mol. The van der Waals surface area contributed by atoms with Crippen molar-refractivity contribution >= 4 is 11.3 Å². The van der Waals surface area contributed by atoms with Crippen molar-refractivity contribution in [1.29, 1.82) is 5.26 Å². The summed E-state index contributed by atoms with van der Waals surface area (Å²) in [6.07, 6.45) is 0. The Kier molecular flexibility index (Phi) is 2.22. The van der Waals surface area contributed by atoms with Crippen LogP contribution in [-0.4, -0.2) is 0 Å². The molecule has 0 amide bonds. The van der Waals surface area contributed by atoms with Crippen LogP contribution in [0.1, 0.15) is 22.2 Å². The second-order valence-corrected chi connectivity index (χ2v) is 4.60. The molecule has 0 spiro atoms. The number of rotatable bonds is 1. The largest absolute Gasteiger partial charge is 0.310 e. The average Bonchev–Trinajstić information content (AvgIpc) is 2.31. The maximum atomic E-state index is 8.81. The highest BCUT2D eigenvalue weighted by molar-refractivity contribution is 7.12. The Bertz CT molecular complexity index is 331. The van der Waals surface area contributed by atoms with E-state index in [0.717, 1.165) is 10.4 Å². The van der Waals surface area contributed by atoms with Crippen LogP contribution >= 0.6 is 11.3 Å². The summed E-state index contributed by atoms with van der Waals surface area (Å²) in [5, 5.41) is 8.81. The van der Waals surface area contributed by atoms with Crippen LogP contribution in [0.3, 0.4) is 0 Å². The van der Waals surface area contributed by atoms with Crippen LogP contribution in [0.25, 0.3) is 0 Å². The second-order valence-electron chi connectivity index (χ2n) is 3.14. The lowest BCUT2D eigenvalue weighted by atomic mass is 9.96. The van der Waals surface area contributed by atoms with Crippen LogP contribution in [0, 0.1) is 25.2 Å². The first-order chi connectivity index (χ1) is 5.47. The van der Waals surface area contributed by atoms with Gasteiger partial charge in [-0.3, -0.25) is 0 Å². The smallest absolute Gasteiger partial charge is 0.128 e. The summed E-state index contributed by atoms with van der Waals surface area (Å²) in [4.78, 5) is 2.34. The molecule has 0 aliphatic rings. The molecule has 0 radical (unpaired) electrons. The fraction of sp³-hybridized carbons (Fsp3) is 0.444. The van der Waals surface area contributed by atoms with Gasteiger partial charge in [-0.25, -0.2) is 0 Å². The molecule has 0 saturated carbocycles. The SMILES string of the molecule is Cc1cc([C@](C)(N)C#N)c(C)s1. The van der Waals surface area contributed by atoms with Gasteiger partial charge in [-0.05, 0) is 32.4 Å². The van der Waals surface area contributed by atoms with E-state index in [2.05, 4.69) is 6.07 Å². The Hall–Kier alpha value is -0.850. The quantitative estimate of drug-likeness (QED) is 0.719. The Balaban J connectivity index is 3.21. The molecular weight excluding hydrogens is 168 g/mol.